The first-order valence-corrected chi connectivity index (χ1v) is 7.83. The van der Waals surface area contributed by atoms with E-state index in [2.05, 4.69) is 6.92 Å². The lowest BCUT2D eigenvalue weighted by Crippen LogP contribution is -2.69. The van der Waals surface area contributed by atoms with E-state index in [0.717, 1.165) is 23.6 Å². The zero-order chi connectivity index (χ0) is 12.1. The fourth-order valence-corrected chi connectivity index (χ4v) is 4.88. The number of hydrogen-bond acceptors (Lipinski definition) is 3. The summed E-state index contributed by atoms with van der Waals surface area (Å²) in [6.07, 6.45) is 3.12. The Kier molecular flexibility index (Phi) is 2.74. The van der Waals surface area contributed by atoms with Gasteiger partial charge in [-0.1, -0.05) is 26.7 Å². The summed E-state index contributed by atoms with van der Waals surface area (Å²) in [6, 6.07) is 0. The topological polar surface area (TPSA) is 54.5 Å². The maximum atomic E-state index is 11.5. The van der Waals surface area contributed by atoms with Gasteiger partial charge in [0.05, 0.1) is 12.0 Å². The monoisotopic (exact) mass is 265 g/mol. The first-order chi connectivity index (χ1) is 7.29. The fraction of sp³-hybridized carbons (Fsp3) is 0.900. The average molecular weight is 266 g/mol. The van der Waals surface area contributed by atoms with Crippen LogP contribution < -0.4 is 0 Å². The molecule has 1 aliphatic heterocycles. The first kappa shape index (κ1) is 12.2. The van der Waals surface area contributed by atoms with Gasteiger partial charge in [-0.2, -0.15) is 8.42 Å². The normalized spacial score (nSPS) is 39.9. The summed E-state index contributed by atoms with van der Waals surface area (Å²) in [4.78, 5) is 11.5. The smallest absolute Gasteiger partial charge is 0.274 e. The number of halogens is 1. The molecule has 1 spiro atoms. The van der Waals surface area contributed by atoms with Crippen molar-refractivity contribution in [3.8, 4) is 0 Å². The Bertz CT molecular complexity index is 422. The molecule has 0 radical (unpaired) electrons. The highest BCUT2D eigenvalue weighted by molar-refractivity contribution is 8.12. The van der Waals surface area contributed by atoms with E-state index < -0.39 is 14.8 Å². The second-order valence-electron chi connectivity index (χ2n) is 5.04. The Hall–Kier alpha value is -0.290. The molecule has 1 saturated heterocycles. The van der Waals surface area contributed by atoms with Crippen molar-refractivity contribution in [2.24, 2.45) is 11.8 Å². The molecule has 6 heteroatoms. The van der Waals surface area contributed by atoms with E-state index in [9.17, 15) is 13.2 Å². The van der Waals surface area contributed by atoms with Gasteiger partial charge in [0, 0.05) is 10.7 Å². The number of rotatable bonds is 1. The molecule has 0 aromatic carbocycles. The standard InChI is InChI=1S/C10H16ClNO3S/c1-7-4-3-5-10(8(7)2)6-9(13)12(10)16(11,14)15/h7-8H,3-6H2,1-2H3. The van der Waals surface area contributed by atoms with E-state index >= 15 is 0 Å². The van der Waals surface area contributed by atoms with Gasteiger partial charge in [-0.25, -0.2) is 4.31 Å². The number of nitrogens with zero attached hydrogens (tertiary/aromatic N) is 1. The maximum absolute atomic E-state index is 11.5. The third-order valence-electron chi connectivity index (χ3n) is 4.28. The summed E-state index contributed by atoms with van der Waals surface area (Å²) < 4.78 is 23.8. The third-order valence-corrected chi connectivity index (χ3v) is 5.69. The van der Waals surface area contributed by atoms with Crippen LogP contribution in [0.15, 0.2) is 0 Å². The van der Waals surface area contributed by atoms with Gasteiger partial charge >= 0.3 is 9.24 Å². The lowest BCUT2D eigenvalue weighted by Gasteiger charge is -2.56. The second-order valence-corrected chi connectivity index (χ2v) is 7.40. The van der Waals surface area contributed by atoms with Crippen molar-refractivity contribution in [2.75, 3.05) is 0 Å². The van der Waals surface area contributed by atoms with Gasteiger partial charge in [0.25, 0.3) is 0 Å². The van der Waals surface area contributed by atoms with Crippen LogP contribution in [0.5, 0.6) is 0 Å². The molecule has 2 aliphatic rings. The summed E-state index contributed by atoms with van der Waals surface area (Å²) in [5, 5.41) is 0. The minimum absolute atomic E-state index is 0.187. The number of hydrogen-bond donors (Lipinski definition) is 0. The molecule has 1 saturated carbocycles. The highest BCUT2D eigenvalue weighted by atomic mass is 35.7. The predicted molar refractivity (Wildman–Crippen MR) is 61.1 cm³/mol. The molecular formula is C10H16ClNO3S. The molecule has 1 aliphatic carbocycles. The van der Waals surface area contributed by atoms with E-state index in [1.807, 2.05) is 6.92 Å². The zero-order valence-electron chi connectivity index (χ0n) is 9.44. The molecule has 2 rings (SSSR count). The van der Waals surface area contributed by atoms with Gasteiger partial charge in [0.1, 0.15) is 0 Å². The lowest BCUT2D eigenvalue weighted by atomic mass is 9.63. The summed E-state index contributed by atoms with van der Waals surface area (Å²) in [5.41, 5.74) is -0.532. The maximum Gasteiger partial charge on any atom is 0.324 e. The van der Waals surface area contributed by atoms with E-state index in [-0.39, 0.29) is 11.8 Å². The van der Waals surface area contributed by atoms with Gasteiger partial charge in [-0.05, 0) is 18.3 Å². The predicted octanol–water partition coefficient (Wildman–Crippen LogP) is 1.90. The highest BCUT2D eigenvalue weighted by Gasteiger charge is 2.60. The van der Waals surface area contributed by atoms with Gasteiger partial charge in [0.15, 0.2) is 0 Å². The Balaban J connectivity index is 2.36. The summed E-state index contributed by atoms with van der Waals surface area (Å²) >= 11 is 0. The minimum atomic E-state index is -3.92. The van der Waals surface area contributed by atoms with Gasteiger partial charge in [-0.3, -0.25) is 4.79 Å². The largest absolute Gasteiger partial charge is 0.324 e. The molecule has 1 heterocycles. The number of carbonyl (C=O) groups is 1. The van der Waals surface area contributed by atoms with Crippen LogP contribution in [0.25, 0.3) is 0 Å². The minimum Gasteiger partial charge on any atom is -0.274 e. The van der Waals surface area contributed by atoms with E-state index in [0.29, 0.717) is 12.3 Å². The van der Waals surface area contributed by atoms with Crippen LogP contribution in [0.4, 0.5) is 0 Å². The Morgan fingerprint density at radius 1 is 1.44 bits per heavy atom. The lowest BCUT2D eigenvalue weighted by molar-refractivity contribution is -0.153. The third kappa shape index (κ3) is 1.56. The van der Waals surface area contributed by atoms with Crippen molar-refractivity contribution in [1.82, 2.24) is 4.31 Å². The highest BCUT2D eigenvalue weighted by Crippen LogP contribution is 2.51. The Morgan fingerprint density at radius 3 is 2.56 bits per heavy atom. The molecule has 1 amide bonds. The molecule has 4 nitrogen and oxygen atoms in total. The van der Waals surface area contributed by atoms with Gasteiger partial charge in [0.2, 0.25) is 5.91 Å². The quantitative estimate of drug-likeness (QED) is 0.537. The average Bonchev–Trinajstić information content (AvgIpc) is 2.09. The second kappa shape index (κ2) is 3.60. The van der Waals surface area contributed by atoms with E-state index in [1.54, 1.807) is 0 Å². The number of β-lactam (4-membered cyclic amide) rings is 1. The Labute approximate surface area is 101 Å². The van der Waals surface area contributed by atoms with Crippen LogP contribution >= 0.6 is 10.7 Å². The van der Waals surface area contributed by atoms with Gasteiger partial charge in [-0.15, -0.1) is 0 Å². The van der Waals surface area contributed by atoms with Crippen LogP contribution in [0.3, 0.4) is 0 Å². The molecule has 3 atom stereocenters. The van der Waals surface area contributed by atoms with Crippen LogP contribution in [-0.4, -0.2) is 24.2 Å². The summed E-state index contributed by atoms with van der Waals surface area (Å²) in [5.74, 6) is 0.256. The molecule has 2 fully saturated rings. The van der Waals surface area contributed by atoms with Gasteiger partial charge < -0.3 is 0 Å². The summed E-state index contributed by atoms with van der Waals surface area (Å²) in [6.45, 7) is 4.12. The van der Waals surface area contributed by atoms with E-state index in [4.69, 9.17) is 10.7 Å². The molecule has 0 aromatic rings. The van der Waals surface area contributed by atoms with Crippen LogP contribution in [-0.2, 0) is 14.0 Å². The van der Waals surface area contributed by atoms with Crippen molar-refractivity contribution in [1.29, 1.82) is 0 Å². The number of carbonyl (C=O) groups excluding carboxylic acids is 1. The molecule has 16 heavy (non-hydrogen) atoms. The Morgan fingerprint density at radius 2 is 2.06 bits per heavy atom. The van der Waals surface area contributed by atoms with Crippen molar-refractivity contribution in [2.45, 2.75) is 45.1 Å². The van der Waals surface area contributed by atoms with Crippen molar-refractivity contribution >= 4 is 25.8 Å². The molecular weight excluding hydrogens is 250 g/mol. The van der Waals surface area contributed by atoms with Crippen LogP contribution in [0.1, 0.15) is 39.5 Å². The van der Waals surface area contributed by atoms with Crippen LogP contribution in [0.2, 0.25) is 0 Å². The van der Waals surface area contributed by atoms with Crippen molar-refractivity contribution in [3.63, 3.8) is 0 Å². The van der Waals surface area contributed by atoms with Crippen molar-refractivity contribution < 1.29 is 13.2 Å². The fourth-order valence-electron chi connectivity index (χ4n) is 3.17. The van der Waals surface area contributed by atoms with Crippen LogP contribution in [0, 0.1) is 11.8 Å². The first-order valence-electron chi connectivity index (χ1n) is 5.57. The molecule has 92 valence electrons. The zero-order valence-corrected chi connectivity index (χ0v) is 11.0. The van der Waals surface area contributed by atoms with E-state index in [1.165, 1.54) is 0 Å². The summed E-state index contributed by atoms with van der Waals surface area (Å²) in [7, 11) is 1.42. The molecule has 0 bridgehead atoms. The SMILES string of the molecule is CC1CCCC2(CC(=O)N2S(=O)(=O)Cl)C1C. The van der Waals surface area contributed by atoms with Crippen molar-refractivity contribution in [3.05, 3.63) is 0 Å². The molecule has 0 aromatic heterocycles. The number of amides is 1. The molecule has 0 N–H and O–H groups in total. The molecule has 3 unspecified atom stereocenters.